The summed E-state index contributed by atoms with van der Waals surface area (Å²) < 4.78 is 5.21. The first-order valence-electron chi connectivity index (χ1n) is 7.58. The highest BCUT2D eigenvalue weighted by Gasteiger charge is 2.50. The Morgan fingerprint density at radius 3 is 2.40 bits per heavy atom. The maximum atomic E-state index is 5.21. The fraction of sp³-hybridized carbons (Fsp3) is 0.647. The third kappa shape index (κ3) is 2.70. The zero-order chi connectivity index (χ0) is 14.8. The molecule has 2 atom stereocenters. The number of hydrogen-bond donors (Lipinski definition) is 0. The van der Waals surface area contributed by atoms with Crippen LogP contribution in [0.3, 0.4) is 0 Å². The molecule has 2 unspecified atom stereocenters. The van der Waals surface area contributed by atoms with Gasteiger partial charge >= 0.3 is 0 Å². The van der Waals surface area contributed by atoms with Crippen LogP contribution >= 0.6 is 0 Å². The highest BCUT2D eigenvalue weighted by atomic mass is 16.5. The molecular formula is C17H28N2O. The number of benzene rings is 1. The summed E-state index contributed by atoms with van der Waals surface area (Å²) in [6.07, 6.45) is 2.53. The van der Waals surface area contributed by atoms with Crippen molar-refractivity contribution in [2.75, 3.05) is 27.7 Å². The molecule has 1 saturated heterocycles. The number of likely N-dealkylation sites (N-methyl/N-ethyl adjacent to an activating group) is 1. The van der Waals surface area contributed by atoms with E-state index < -0.39 is 0 Å². The Hall–Kier alpha value is -1.06. The van der Waals surface area contributed by atoms with Crippen LogP contribution in [0.4, 0.5) is 0 Å². The Labute approximate surface area is 123 Å². The molecule has 1 aromatic rings. The first kappa shape index (κ1) is 15.3. The van der Waals surface area contributed by atoms with E-state index in [0.717, 1.165) is 12.3 Å². The summed E-state index contributed by atoms with van der Waals surface area (Å²) in [7, 11) is 6.15. The average Bonchev–Trinajstić information content (AvgIpc) is 2.45. The Morgan fingerprint density at radius 1 is 1.30 bits per heavy atom. The molecule has 20 heavy (non-hydrogen) atoms. The van der Waals surface area contributed by atoms with E-state index >= 15 is 0 Å². The summed E-state index contributed by atoms with van der Waals surface area (Å²) in [4.78, 5) is 4.99. The lowest BCUT2D eigenvalue weighted by atomic mass is 9.76. The van der Waals surface area contributed by atoms with E-state index in [1.165, 1.54) is 24.9 Å². The second kappa shape index (κ2) is 6.15. The zero-order valence-electron chi connectivity index (χ0n) is 13.5. The highest BCUT2D eigenvalue weighted by molar-refractivity contribution is 5.27. The van der Waals surface area contributed by atoms with E-state index in [4.69, 9.17) is 4.74 Å². The summed E-state index contributed by atoms with van der Waals surface area (Å²) in [6, 6.07) is 9.04. The first-order valence-corrected chi connectivity index (χ1v) is 7.58. The van der Waals surface area contributed by atoms with Crippen molar-refractivity contribution in [2.24, 2.45) is 0 Å². The van der Waals surface area contributed by atoms with Crippen LogP contribution < -0.4 is 4.74 Å². The van der Waals surface area contributed by atoms with Gasteiger partial charge in [-0.2, -0.15) is 0 Å². The standard InChI is InChI=1S/C17H28N2O/c1-6-11-17(18(3)4)13-19(14(17)2)12-15-7-9-16(20-5)10-8-15/h7-10,14H,6,11-13H2,1-5H3. The number of methoxy groups -OCH3 is 1. The van der Waals surface area contributed by atoms with E-state index in [-0.39, 0.29) is 0 Å². The second-order valence-electron chi connectivity index (χ2n) is 6.18. The van der Waals surface area contributed by atoms with Crippen LogP contribution in [0.15, 0.2) is 24.3 Å². The molecule has 3 heteroatoms. The molecule has 0 aliphatic carbocycles. The Morgan fingerprint density at radius 2 is 1.95 bits per heavy atom. The molecule has 0 bridgehead atoms. The van der Waals surface area contributed by atoms with Gasteiger partial charge in [0.05, 0.1) is 7.11 Å². The van der Waals surface area contributed by atoms with Crippen molar-refractivity contribution < 1.29 is 4.74 Å². The number of rotatable bonds is 6. The van der Waals surface area contributed by atoms with Gasteiger partial charge in [-0.25, -0.2) is 0 Å². The lowest BCUT2D eigenvalue weighted by Crippen LogP contribution is -2.73. The second-order valence-corrected chi connectivity index (χ2v) is 6.18. The lowest BCUT2D eigenvalue weighted by molar-refractivity contribution is -0.0941. The maximum absolute atomic E-state index is 5.21. The molecule has 3 nitrogen and oxygen atoms in total. The molecule has 0 amide bonds. The third-order valence-electron chi connectivity index (χ3n) is 4.92. The fourth-order valence-corrected chi connectivity index (χ4v) is 3.47. The summed E-state index contributed by atoms with van der Waals surface area (Å²) in [5.74, 6) is 0.930. The van der Waals surface area contributed by atoms with Crippen molar-refractivity contribution in [1.82, 2.24) is 9.80 Å². The van der Waals surface area contributed by atoms with Gasteiger partial charge in [0.25, 0.3) is 0 Å². The van der Waals surface area contributed by atoms with Gasteiger partial charge < -0.3 is 9.64 Å². The van der Waals surface area contributed by atoms with E-state index in [0.29, 0.717) is 11.6 Å². The average molecular weight is 276 g/mol. The van der Waals surface area contributed by atoms with Gasteiger partial charge in [0.15, 0.2) is 0 Å². The molecule has 0 aromatic heterocycles. The molecule has 0 N–H and O–H groups in total. The van der Waals surface area contributed by atoms with Crippen LogP contribution in [-0.2, 0) is 6.54 Å². The smallest absolute Gasteiger partial charge is 0.118 e. The van der Waals surface area contributed by atoms with Crippen LogP contribution in [0.5, 0.6) is 5.75 Å². The minimum atomic E-state index is 0.362. The largest absolute Gasteiger partial charge is 0.497 e. The van der Waals surface area contributed by atoms with E-state index in [1.54, 1.807) is 7.11 Å². The minimum Gasteiger partial charge on any atom is -0.497 e. The molecule has 112 valence electrons. The number of likely N-dealkylation sites (tertiary alicyclic amines) is 1. The van der Waals surface area contributed by atoms with Gasteiger partial charge in [0.2, 0.25) is 0 Å². The third-order valence-corrected chi connectivity index (χ3v) is 4.92. The van der Waals surface area contributed by atoms with E-state index in [2.05, 4.69) is 49.9 Å². The predicted molar refractivity (Wildman–Crippen MR) is 84.2 cm³/mol. The Balaban J connectivity index is 1.99. The highest BCUT2D eigenvalue weighted by Crippen LogP contribution is 2.38. The molecule has 0 radical (unpaired) electrons. The molecule has 1 aromatic carbocycles. The van der Waals surface area contributed by atoms with Gasteiger partial charge in [0.1, 0.15) is 5.75 Å². The molecule has 1 aliphatic rings. The molecular weight excluding hydrogens is 248 g/mol. The van der Waals surface area contributed by atoms with Crippen LogP contribution in [-0.4, -0.2) is 49.1 Å². The molecule has 1 fully saturated rings. The van der Waals surface area contributed by atoms with Crippen LogP contribution in [0.2, 0.25) is 0 Å². The minimum absolute atomic E-state index is 0.362. The molecule has 0 spiro atoms. The zero-order valence-corrected chi connectivity index (χ0v) is 13.5. The fourth-order valence-electron chi connectivity index (χ4n) is 3.47. The van der Waals surface area contributed by atoms with Crippen LogP contribution in [0.1, 0.15) is 32.3 Å². The van der Waals surface area contributed by atoms with Gasteiger partial charge in [0, 0.05) is 24.7 Å². The van der Waals surface area contributed by atoms with Crippen LogP contribution in [0.25, 0.3) is 0 Å². The number of hydrogen-bond acceptors (Lipinski definition) is 3. The summed E-state index contributed by atoms with van der Waals surface area (Å²) in [5, 5.41) is 0. The van der Waals surface area contributed by atoms with Crippen molar-refractivity contribution in [3.8, 4) is 5.75 Å². The topological polar surface area (TPSA) is 15.7 Å². The maximum Gasteiger partial charge on any atom is 0.118 e. The van der Waals surface area contributed by atoms with Crippen molar-refractivity contribution in [3.63, 3.8) is 0 Å². The van der Waals surface area contributed by atoms with Gasteiger partial charge in [-0.3, -0.25) is 4.90 Å². The lowest BCUT2D eigenvalue weighted by Gasteiger charge is -2.60. The number of nitrogens with zero attached hydrogens (tertiary/aromatic N) is 2. The van der Waals surface area contributed by atoms with Crippen molar-refractivity contribution in [2.45, 2.75) is 44.8 Å². The summed E-state index contributed by atoms with van der Waals surface area (Å²) in [6.45, 7) is 6.85. The normalized spacial score (nSPS) is 26.6. The van der Waals surface area contributed by atoms with E-state index in [9.17, 15) is 0 Å². The molecule has 1 heterocycles. The monoisotopic (exact) mass is 276 g/mol. The van der Waals surface area contributed by atoms with Crippen molar-refractivity contribution in [3.05, 3.63) is 29.8 Å². The molecule has 1 aliphatic heterocycles. The van der Waals surface area contributed by atoms with Gasteiger partial charge in [-0.15, -0.1) is 0 Å². The Kier molecular flexibility index (Phi) is 4.71. The van der Waals surface area contributed by atoms with Crippen LogP contribution in [0, 0.1) is 0 Å². The number of ether oxygens (including phenoxy) is 1. The summed E-state index contributed by atoms with van der Waals surface area (Å²) >= 11 is 0. The SMILES string of the molecule is CCCC1(N(C)C)CN(Cc2ccc(OC)cc2)C1C. The van der Waals surface area contributed by atoms with Crippen molar-refractivity contribution in [1.29, 1.82) is 0 Å². The van der Waals surface area contributed by atoms with E-state index in [1.807, 2.05) is 12.1 Å². The van der Waals surface area contributed by atoms with Gasteiger partial charge in [-0.1, -0.05) is 25.5 Å². The van der Waals surface area contributed by atoms with Gasteiger partial charge in [-0.05, 0) is 45.1 Å². The Bertz CT molecular complexity index is 429. The predicted octanol–water partition coefficient (Wildman–Crippen LogP) is 3.00. The molecule has 2 rings (SSSR count). The summed E-state index contributed by atoms with van der Waals surface area (Å²) in [5.41, 5.74) is 1.72. The quantitative estimate of drug-likeness (QED) is 0.794. The van der Waals surface area contributed by atoms with Crippen molar-refractivity contribution >= 4 is 0 Å². The first-order chi connectivity index (χ1) is 9.53. The molecule has 0 saturated carbocycles.